The number of benzene rings is 2. The third kappa shape index (κ3) is 3.78. The van der Waals surface area contributed by atoms with Gasteiger partial charge in [-0.3, -0.25) is 4.90 Å². The fourth-order valence-corrected chi connectivity index (χ4v) is 3.55. The number of nitrogens with one attached hydrogen (secondary N) is 1. The molecule has 1 atom stereocenters. The maximum atomic E-state index is 13.7. The summed E-state index contributed by atoms with van der Waals surface area (Å²) in [5, 5.41) is 0.357. The number of carbonyl (C=O) groups excluding carboxylic acids is 2. The summed E-state index contributed by atoms with van der Waals surface area (Å²) in [4.78, 5) is 26.1. The first kappa shape index (κ1) is 17.7. The Morgan fingerprint density at radius 1 is 1.32 bits per heavy atom. The largest absolute Gasteiger partial charge is 0.350 e. The molecule has 1 fully saturated rings. The van der Waals surface area contributed by atoms with E-state index in [4.69, 9.17) is 11.6 Å². The standard InChI is InChI=1S/C17H15ClFN3O2S/c18-15-7-2-1-6-14(15)16(11-23)21(13-5-3-4-12(19)10-13)17(24)22-20-8-9-25-22/h1-7,10-11,16,20H,8-9H2. The van der Waals surface area contributed by atoms with E-state index in [-0.39, 0.29) is 5.69 Å². The van der Waals surface area contributed by atoms with Crippen LogP contribution in [-0.4, -0.2) is 29.0 Å². The second-order valence-electron chi connectivity index (χ2n) is 5.27. The Morgan fingerprint density at radius 2 is 2.12 bits per heavy atom. The van der Waals surface area contributed by atoms with Gasteiger partial charge in [0.1, 0.15) is 18.1 Å². The normalized spacial score (nSPS) is 15.0. The summed E-state index contributed by atoms with van der Waals surface area (Å²) in [7, 11) is 0. The molecule has 25 heavy (non-hydrogen) atoms. The molecule has 5 nitrogen and oxygen atoms in total. The molecule has 0 aliphatic carbocycles. The number of hydrazine groups is 1. The molecule has 1 heterocycles. The van der Waals surface area contributed by atoms with Crippen molar-refractivity contribution in [2.45, 2.75) is 6.04 Å². The summed E-state index contributed by atoms with van der Waals surface area (Å²) in [6, 6.07) is 10.9. The lowest BCUT2D eigenvalue weighted by atomic mass is 10.1. The number of hydrogen-bond acceptors (Lipinski definition) is 4. The molecule has 2 aromatic carbocycles. The van der Waals surface area contributed by atoms with E-state index in [9.17, 15) is 14.0 Å². The summed E-state index contributed by atoms with van der Waals surface area (Å²) >= 11 is 7.51. The molecule has 3 rings (SSSR count). The van der Waals surface area contributed by atoms with Crippen LogP contribution in [0.15, 0.2) is 48.5 Å². The van der Waals surface area contributed by atoms with Gasteiger partial charge in [-0.2, -0.15) is 4.41 Å². The summed E-state index contributed by atoms with van der Waals surface area (Å²) in [6.07, 6.45) is 0.630. The van der Waals surface area contributed by atoms with Crippen LogP contribution in [0.3, 0.4) is 0 Å². The minimum Gasteiger partial charge on any atom is -0.301 e. The second kappa shape index (κ2) is 7.86. The molecule has 130 valence electrons. The number of amides is 2. The summed E-state index contributed by atoms with van der Waals surface area (Å²) < 4.78 is 15.1. The van der Waals surface area contributed by atoms with Crippen LogP contribution < -0.4 is 10.3 Å². The van der Waals surface area contributed by atoms with Gasteiger partial charge in [-0.05, 0) is 36.2 Å². The van der Waals surface area contributed by atoms with Gasteiger partial charge >= 0.3 is 6.03 Å². The Labute approximate surface area is 153 Å². The van der Waals surface area contributed by atoms with Crippen LogP contribution in [0.1, 0.15) is 11.6 Å². The third-order valence-electron chi connectivity index (χ3n) is 3.67. The smallest absolute Gasteiger partial charge is 0.301 e. The molecular formula is C17H15ClFN3O2S. The van der Waals surface area contributed by atoms with Gasteiger partial charge < -0.3 is 4.79 Å². The van der Waals surface area contributed by atoms with Crippen molar-refractivity contribution in [2.24, 2.45) is 0 Å². The highest BCUT2D eigenvalue weighted by Gasteiger charge is 2.33. The highest BCUT2D eigenvalue weighted by Crippen LogP contribution is 2.32. The predicted molar refractivity (Wildman–Crippen MR) is 96.8 cm³/mol. The molecule has 1 N–H and O–H groups in total. The van der Waals surface area contributed by atoms with Gasteiger partial charge in [0.15, 0.2) is 0 Å². The van der Waals surface area contributed by atoms with E-state index in [0.717, 1.165) is 5.75 Å². The van der Waals surface area contributed by atoms with Crippen LogP contribution in [-0.2, 0) is 4.79 Å². The van der Waals surface area contributed by atoms with E-state index in [1.54, 1.807) is 30.3 Å². The molecule has 1 unspecified atom stereocenters. The lowest BCUT2D eigenvalue weighted by Crippen LogP contribution is -2.46. The quantitative estimate of drug-likeness (QED) is 0.648. The van der Waals surface area contributed by atoms with E-state index in [1.807, 2.05) is 0 Å². The van der Waals surface area contributed by atoms with Crippen LogP contribution in [0.25, 0.3) is 0 Å². The number of halogens is 2. The van der Waals surface area contributed by atoms with Crippen molar-refractivity contribution in [1.82, 2.24) is 9.84 Å². The Kier molecular flexibility index (Phi) is 5.57. The Morgan fingerprint density at radius 3 is 2.76 bits per heavy atom. The molecule has 2 amide bonds. The lowest BCUT2D eigenvalue weighted by Gasteiger charge is -2.31. The van der Waals surface area contributed by atoms with Gasteiger partial charge in [0.05, 0.1) is 0 Å². The zero-order chi connectivity index (χ0) is 17.8. The van der Waals surface area contributed by atoms with Gasteiger partial charge in [0, 0.05) is 28.6 Å². The number of aldehydes is 1. The third-order valence-corrected chi connectivity index (χ3v) is 4.95. The summed E-state index contributed by atoms with van der Waals surface area (Å²) in [5.41, 5.74) is 3.68. The van der Waals surface area contributed by atoms with Crippen molar-refractivity contribution in [2.75, 3.05) is 17.2 Å². The minimum atomic E-state index is -0.981. The van der Waals surface area contributed by atoms with Gasteiger partial charge in [-0.15, -0.1) is 0 Å². The maximum Gasteiger partial charge on any atom is 0.350 e. The molecule has 1 aliphatic heterocycles. The highest BCUT2D eigenvalue weighted by molar-refractivity contribution is 7.97. The number of carbonyl (C=O) groups is 2. The molecule has 8 heteroatoms. The van der Waals surface area contributed by atoms with Gasteiger partial charge in [0.25, 0.3) is 0 Å². The number of nitrogens with zero attached hydrogens (tertiary/aromatic N) is 2. The molecule has 0 radical (unpaired) electrons. The summed E-state index contributed by atoms with van der Waals surface area (Å²) in [6.45, 7) is 0.630. The van der Waals surface area contributed by atoms with Crippen molar-refractivity contribution in [3.05, 3.63) is 64.9 Å². The van der Waals surface area contributed by atoms with Crippen LogP contribution in [0.5, 0.6) is 0 Å². The molecule has 0 bridgehead atoms. The molecule has 0 spiro atoms. The molecule has 1 saturated heterocycles. The van der Waals surface area contributed by atoms with Crippen LogP contribution >= 0.6 is 23.5 Å². The second-order valence-corrected chi connectivity index (χ2v) is 6.71. The Balaban J connectivity index is 2.07. The van der Waals surface area contributed by atoms with Crippen molar-refractivity contribution in [3.8, 4) is 0 Å². The number of urea groups is 1. The van der Waals surface area contributed by atoms with Gasteiger partial charge in [-0.25, -0.2) is 14.6 Å². The van der Waals surface area contributed by atoms with Gasteiger partial charge in [0.2, 0.25) is 0 Å². The first-order valence-corrected chi connectivity index (χ1v) is 8.89. The zero-order valence-corrected chi connectivity index (χ0v) is 14.6. The Hall–Kier alpha value is -2.09. The first-order valence-electron chi connectivity index (χ1n) is 7.57. The van der Waals surface area contributed by atoms with E-state index in [2.05, 4.69) is 5.43 Å². The van der Waals surface area contributed by atoms with Crippen LogP contribution in [0, 0.1) is 5.82 Å². The van der Waals surface area contributed by atoms with Crippen molar-refractivity contribution >= 4 is 41.6 Å². The minimum absolute atomic E-state index is 0.274. The SMILES string of the molecule is O=CC(c1ccccc1Cl)N(C(=O)N1NCCS1)c1cccc(F)c1. The molecule has 0 saturated carbocycles. The van der Waals surface area contributed by atoms with Gasteiger partial charge in [-0.1, -0.05) is 35.9 Å². The van der Waals surface area contributed by atoms with E-state index >= 15 is 0 Å². The highest BCUT2D eigenvalue weighted by atomic mass is 35.5. The number of rotatable bonds is 4. The number of anilines is 1. The van der Waals surface area contributed by atoms with Crippen molar-refractivity contribution in [1.29, 1.82) is 0 Å². The fourth-order valence-electron chi connectivity index (χ4n) is 2.55. The monoisotopic (exact) mass is 379 g/mol. The molecule has 0 aromatic heterocycles. The van der Waals surface area contributed by atoms with Crippen molar-refractivity contribution in [3.63, 3.8) is 0 Å². The topological polar surface area (TPSA) is 52.7 Å². The average Bonchev–Trinajstić information content (AvgIpc) is 3.14. The predicted octanol–water partition coefficient (Wildman–Crippen LogP) is 3.81. The van der Waals surface area contributed by atoms with Crippen molar-refractivity contribution < 1.29 is 14.0 Å². The van der Waals surface area contributed by atoms with E-state index in [0.29, 0.717) is 23.4 Å². The maximum absolute atomic E-state index is 13.7. The fraction of sp³-hybridized carbons (Fsp3) is 0.176. The van der Waals surface area contributed by atoms with Crippen LogP contribution in [0.4, 0.5) is 14.9 Å². The van der Waals surface area contributed by atoms with Crippen LogP contribution in [0.2, 0.25) is 5.02 Å². The average molecular weight is 380 g/mol. The molecule has 1 aliphatic rings. The molecule has 2 aromatic rings. The van der Waals surface area contributed by atoms with E-state index in [1.165, 1.54) is 39.5 Å². The first-order chi connectivity index (χ1) is 12.1. The lowest BCUT2D eigenvalue weighted by molar-refractivity contribution is -0.109. The molecular weight excluding hydrogens is 365 g/mol. The van der Waals surface area contributed by atoms with E-state index < -0.39 is 17.9 Å². The number of hydrogen-bond donors (Lipinski definition) is 1. The zero-order valence-electron chi connectivity index (χ0n) is 13.1. The Bertz CT molecular complexity index is 786. The summed E-state index contributed by atoms with van der Waals surface area (Å²) in [5.74, 6) is 0.224.